The summed E-state index contributed by atoms with van der Waals surface area (Å²) < 4.78 is 30.0. The first-order valence-electron chi connectivity index (χ1n) is 5.45. The number of ether oxygens (including phenoxy) is 1. The third kappa shape index (κ3) is 4.27. The molecule has 0 atom stereocenters. The van der Waals surface area contributed by atoms with Crippen LogP contribution >= 0.6 is 0 Å². The number of alkyl halides is 2. The number of nitrogens with zero attached hydrogens (tertiary/aromatic N) is 1. The Labute approximate surface area is 104 Å². The van der Waals surface area contributed by atoms with Crippen LogP contribution in [0.1, 0.15) is 38.5 Å². The number of anilines is 1. The number of nitrogens with one attached hydrogen (secondary N) is 1. The summed E-state index contributed by atoms with van der Waals surface area (Å²) in [6.45, 7) is 6.64. The fourth-order valence-corrected chi connectivity index (χ4v) is 1.28. The zero-order valence-corrected chi connectivity index (χ0v) is 10.8. The summed E-state index contributed by atoms with van der Waals surface area (Å²) in [5.41, 5.74) is -0.592. The minimum absolute atomic E-state index is 0.148. The lowest BCUT2D eigenvalue weighted by Gasteiger charge is -2.19. The predicted molar refractivity (Wildman–Crippen MR) is 63.8 cm³/mol. The highest BCUT2D eigenvalue weighted by Gasteiger charge is 2.17. The van der Waals surface area contributed by atoms with E-state index in [2.05, 4.69) is 10.3 Å². The number of aryl methyl sites for hydroxylation is 1. The highest BCUT2D eigenvalue weighted by atomic mass is 19.3. The quantitative estimate of drug-likeness (QED) is 0.880. The number of aromatic nitrogens is 1. The molecular weight excluding hydrogens is 242 g/mol. The van der Waals surface area contributed by atoms with Crippen LogP contribution in [0.5, 0.6) is 0 Å². The maximum absolute atomic E-state index is 12.5. The van der Waals surface area contributed by atoms with E-state index in [0.717, 1.165) is 0 Å². The molecule has 1 aromatic heterocycles. The molecule has 0 aliphatic carbocycles. The Morgan fingerprint density at radius 2 is 2.00 bits per heavy atom. The summed E-state index contributed by atoms with van der Waals surface area (Å²) in [6, 6.07) is 2.55. The number of halogens is 2. The predicted octanol–water partition coefficient (Wildman–Crippen LogP) is 3.67. The maximum atomic E-state index is 12.5. The Kier molecular flexibility index (Phi) is 4.21. The van der Waals surface area contributed by atoms with Gasteiger partial charge in [-0.05, 0) is 39.8 Å². The molecule has 1 aromatic rings. The number of carbonyl (C=O) groups excluding carboxylic acids is 1. The standard InChI is InChI=1S/C12H16F2N2O2/c1-7-8(10(13)14)5-6-9(15-7)16-11(17)18-12(2,3)4/h5-6,10H,1-4H3,(H,15,16,17). The van der Waals surface area contributed by atoms with Crippen LogP contribution in [0.2, 0.25) is 0 Å². The molecule has 18 heavy (non-hydrogen) atoms. The minimum Gasteiger partial charge on any atom is -0.444 e. The third-order valence-corrected chi connectivity index (χ3v) is 1.99. The van der Waals surface area contributed by atoms with Crippen molar-refractivity contribution in [1.82, 2.24) is 4.98 Å². The van der Waals surface area contributed by atoms with Crippen LogP contribution in [-0.2, 0) is 4.74 Å². The smallest absolute Gasteiger partial charge is 0.413 e. The molecule has 0 bridgehead atoms. The van der Waals surface area contributed by atoms with Crippen molar-refractivity contribution < 1.29 is 18.3 Å². The normalized spacial score (nSPS) is 11.5. The Morgan fingerprint density at radius 1 is 1.39 bits per heavy atom. The van der Waals surface area contributed by atoms with Gasteiger partial charge in [-0.25, -0.2) is 18.6 Å². The molecule has 100 valence electrons. The minimum atomic E-state index is -2.58. The number of rotatable bonds is 2. The van der Waals surface area contributed by atoms with Gasteiger partial charge in [-0.2, -0.15) is 0 Å². The molecule has 0 aromatic carbocycles. The SMILES string of the molecule is Cc1nc(NC(=O)OC(C)(C)C)ccc1C(F)F. The molecule has 1 N–H and O–H groups in total. The summed E-state index contributed by atoms with van der Waals surface area (Å²) in [4.78, 5) is 15.3. The second kappa shape index (κ2) is 5.29. The van der Waals surface area contributed by atoms with Gasteiger partial charge < -0.3 is 4.74 Å². The number of amides is 1. The Morgan fingerprint density at radius 3 is 2.44 bits per heavy atom. The molecule has 1 rings (SSSR count). The van der Waals surface area contributed by atoms with E-state index in [9.17, 15) is 13.6 Å². The topological polar surface area (TPSA) is 51.2 Å². The summed E-state index contributed by atoms with van der Waals surface area (Å²) in [7, 11) is 0. The molecule has 0 aliphatic rings. The van der Waals surface area contributed by atoms with E-state index >= 15 is 0 Å². The van der Waals surface area contributed by atoms with Crippen LogP contribution in [-0.4, -0.2) is 16.7 Å². The molecule has 0 saturated heterocycles. The van der Waals surface area contributed by atoms with Gasteiger partial charge in [0.15, 0.2) is 0 Å². The van der Waals surface area contributed by atoms with E-state index in [0.29, 0.717) is 0 Å². The van der Waals surface area contributed by atoms with E-state index < -0.39 is 18.1 Å². The van der Waals surface area contributed by atoms with Crippen molar-refractivity contribution in [2.24, 2.45) is 0 Å². The summed E-state index contributed by atoms with van der Waals surface area (Å²) in [5.74, 6) is 0.186. The maximum Gasteiger partial charge on any atom is 0.413 e. The van der Waals surface area contributed by atoms with E-state index in [-0.39, 0.29) is 17.1 Å². The molecule has 1 amide bonds. The van der Waals surface area contributed by atoms with Crippen molar-refractivity contribution >= 4 is 11.9 Å². The molecule has 4 nitrogen and oxygen atoms in total. The number of hydrogen-bond donors (Lipinski definition) is 1. The van der Waals surface area contributed by atoms with Gasteiger partial charge >= 0.3 is 6.09 Å². The average Bonchev–Trinajstić information content (AvgIpc) is 2.13. The van der Waals surface area contributed by atoms with Gasteiger partial charge in [0.2, 0.25) is 0 Å². The molecule has 0 spiro atoms. The van der Waals surface area contributed by atoms with Gasteiger partial charge in [-0.15, -0.1) is 0 Å². The Balaban J connectivity index is 2.75. The van der Waals surface area contributed by atoms with Gasteiger partial charge in [-0.1, -0.05) is 0 Å². The van der Waals surface area contributed by atoms with Crippen molar-refractivity contribution in [3.8, 4) is 0 Å². The summed E-state index contributed by atoms with van der Waals surface area (Å²) in [6.07, 6.45) is -3.24. The first-order chi connectivity index (χ1) is 8.19. The van der Waals surface area contributed by atoms with Crippen molar-refractivity contribution in [1.29, 1.82) is 0 Å². The van der Waals surface area contributed by atoms with Crippen molar-refractivity contribution in [2.45, 2.75) is 39.7 Å². The van der Waals surface area contributed by atoms with Gasteiger partial charge in [0.1, 0.15) is 11.4 Å². The summed E-state index contributed by atoms with van der Waals surface area (Å²) >= 11 is 0. The fourth-order valence-electron chi connectivity index (χ4n) is 1.28. The monoisotopic (exact) mass is 258 g/mol. The molecule has 0 aliphatic heterocycles. The van der Waals surface area contributed by atoms with Crippen molar-refractivity contribution in [3.63, 3.8) is 0 Å². The highest BCUT2D eigenvalue weighted by molar-refractivity contribution is 5.83. The van der Waals surface area contributed by atoms with E-state index in [1.165, 1.54) is 19.1 Å². The lowest BCUT2D eigenvalue weighted by molar-refractivity contribution is 0.0635. The Hall–Kier alpha value is -1.72. The molecule has 1 heterocycles. The molecule has 0 saturated carbocycles. The zero-order chi connectivity index (χ0) is 13.9. The third-order valence-electron chi connectivity index (χ3n) is 1.99. The lowest BCUT2D eigenvalue weighted by atomic mass is 10.2. The van der Waals surface area contributed by atoms with Crippen molar-refractivity contribution in [3.05, 3.63) is 23.4 Å². The van der Waals surface area contributed by atoms with E-state index in [4.69, 9.17) is 4.74 Å². The van der Waals surface area contributed by atoms with Crippen LogP contribution in [0, 0.1) is 6.92 Å². The van der Waals surface area contributed by atoms with Crippen LogP contribution in [0.25, 0.3) is 0 Å². The van der Waals surface area contributed by atoms with Crippen LogP contribution in [0.15, 0.2) is 12.1 Å². The van der Waals surface area contributed by atoms with Gasteiger partial charge in [0, 0.05) is 11.3 Å². The first kappa shape index (κ1) is 14.3. The zero-order valence-electron chi connectivity index (χ0n) is 10.8. The lowest BCUT2D eigenvalue weighted by Crippen LogP contribution is -2.27. The molecule has 6 heteroatoms. The van der Waals surface area contributed by atoms with Crippen LogP contribution in [0.3, 0.4) is 0 Å². The second-order valence-electron chi connectivity index (χ2n) is 4.80. The number of carbonyl (C=O) groups is 1. The largest absolute Gasteiger partial charge is 0.444 e. The van der Waals surface area contributed by atoms with E-state index in [1.54, 1.807) is 20.8 Å². The molecule has 0 radical (unpaired) electrons. The summed E-state index contributed by atoms with van der Waals surface area (Å²) in [5, 5.41) is 2.39. The molecule has 0 fully saturated rings. The van der Waals surface area contributed by atoms with Crippen molar-refractivity contribution in [2.75, 3.05) is 5.32 Å². The Bertz CT molecular complexity index is 442. The van der Waals surface area contributed by atoms with Gasteiger partial charge in [-0.3, -0.25) is 5.32 Å². The highest BCUT2D eigenvalue weighted by Crippen LogP contribution is 2.22. The van der Waals surface area contributed by atoms with E-state index in [1.807, 2.05) is 0 Å². The fraction of sp³-hybridized carbons (Fsp3) is 0.500. The average molecular weight is 258 g/mol. The van der Waals surface area contributed by atoms with Crippen LogP contribution in [0.4, 0.5) is 19.4 Å². The van der Waals surface area contributed by atoms with Gasteiger partial charge in [0.05, 0.1) is 0 Å². The molecular formula is C12H16F2N2O2. The van der Waals surface area contributed by atoms with Gasteiger partial charge in [0.25, 0.3) is 6.43 Å². The first-order valence-corrected chi connectivity index (χ1v) is 5.45. The second-order valence-corrected chi connectivity index (χ2v) is 4.80. The van der Waals surface area contributed by atoms with Crippen LogP contribution < -0.4 is 5.32 Å². The number of pyridine rings is 1. The molecule has 0 unspecified atom stereocenters. The number of hydrogen-bond acceptors (Lipinski definition) is 3.